The molecule has 0 N–H and O–H groups in total. The van der Waals surface area contributed by atoms with E-state index in [1.807, 2.05) is 0 Å². The maximum absolute atomic E-state index is 6.66. The minimum atomic E-state index is 0.664. The first kappa shape index (κ1) is 7.56. The van der Waals surface area contributed by atoms with E-state index in [1.165, 1.54) is 12.8 Å². The van der Waals surface area contributed by atoms with Crippen molar-refractivity contribution in [2.75, 3.05) is 0 Å². The van der Waals surface area contributed by atoms with Crippen molar-refractivity contribution in [3.05, 3.63) is 6.42 Å². The minimum Gasteiger partial charge on any atom is -0.0888 e. The Hall–Kier alpha value is -0.440. The summed E-state index contributed by atoms with van der Waals surface area (Å²) in [5, 5.41) is 0. The average Bonchev–Trinajstić information content (AvgIpc) is 1.68. The van der Waals surface area contributed by atoms with Crippen LogP contribution in [0, 0.1) is 18.3 Å². The van der Waals surface area contributed by atoms with E-state index >= 15 is 0 Å². The molecule has 0 aliphatic rings. The molecule has 0 heteroatoms. The molecule has 0 aliphatic carbocycles. The molecule has 0 aliphatic heterocycles. The van der Waals surface area contributed by atoms with Gasteiger partial charge >= 0.3 is 0 Å². The largest absolute Gasteiger partial charge is 0.0888 e. The fourth-order valence-electron chi connectivity index (χ4n) is 0.769. The molecule has 0 spiro atoms. The second-order valence-electron chi connectivity index (χ2n) is 2.27. The lowest BCUT2D eigenvalue weighted by Gasteiger charge is -2.01. The molecule has 0 bridgehead atoms. The van der Waals surface area contributed by atoms with Gasteiger partial charge in [0.2, 0.25) is 0 Å². The molecule has 0 aromatic heterocycles. The molecule has 0 rings (SSSR count). The van der Waals surface area contributed by atoms with Crippen molar-refractivity contribution in [2.24, 2.45) is 5.92 Å². The molecular formula is C8H13. The van der Waals surface area contributed by atoms with Gasteiger partial charge in [0.15, 0.2) is 0 Å². The third-order valence-electron chi connectivity index (χ3n) is 1.23. The zero-order valence-electron chi connectivity index (χ0n) is 5.70. The summed E-state index contributed by atoms with van der Waals surface area (Å²) in [7, 11) is 0. The third kappa shape index (κ3) is 3.74. The molecule has 0 aromatic rings. The molecular weight excluding hydrogens is 96.1 g/mol. The van der Waals surface area contributed by atoms with Gasteiger partial charge in [-0.2, -0.15) is 0 Å². The van der Waals surface area contributed by atoms with Crippen molar-refractivity contribution < 1.29 is 0 Å². The summed E-state index contributed by atoms with van der Waals surface area (Å²) >= 11 is 0. The predicted molar refractivity (Wildman–Crippen MR) is 35.8 cm³/mol. The van der Waals surface area contributed by atoms with Gasteiger partial charge in [-0.15, -0.1) is 0 Å². The SMILES string of the molecule is [C]#CC[C@@H](C)CCC. The Kier molecular flexibility index (Phi) is 4.45. The summed E-state index contributed by atoms with van der Waals surface area (Å²) in [5.74, 6) is 3.07. The van der Waals surface area contributed by atoms with Crippen LogP contribution in [0.5, 0.6) is 0 Å². The van der Waals surface area contributed by atoms with Crippen LogP contribution in [0.15, 0.2) is 0 Å². The fraction of sp³-hybridized carbons (Fsp3) is 0.750. The van der Waals surface area contributed by atoms with Crippen LogP contribution in [0.3, 0.4) is 0 Å². The Morgan fingerprint density at radius 1 is 1.62 bits per heavy atom. The van der Waals surface area contributed by atoms with E-state index in [4.69, 9.17) is 6.42 Å². The molecule has 0 nitrogen and oxygen atoms in total. The molecule has 0 saturated carbocycles. The zero-order chi connectivity index (χ0) is 6.41. The summed E-state index contributed by atoms with van der Waals surface area (Å²) in [6.07, 6.45) is 9.94. The summed E-state index contributed by atoms with van der Waals surface area (Å²) in [5.41, 5.74) is 0. The van der Waals surface area contributed by atoms with Crippen molar-refractivity contribution in [1.82, 2.24) is 0 Å². The Morgan fingerprint density at radius 2 is 2.25 bits per heavy atom. The lowest BCUT2D eigenvalue weighted by molar-refractivity contribution is 0.539. The molecule has 0 aromatic carbocycles. The quantitative estimate of drug-likeness (QED) is 0.488. The van der Waals surface area contributed by atoms with Crippen molar-refractivity contribution in [2.45, 2.75) is 33.1 Å². The second-order valence-corrected chi connectivity index (χ2v) is 2.27. The van der Waals surface area contributed by atoms with Gasteiger partial charge in [0.05, 0.1) is 0 Å². The van der Waals surface area contributed by atoms with Crippen molar-refractivity contribution in [3.8, 4) is 5.92 Å². The van der Waals surface area contributed by atoms with Gasteiger partial charge in [-0.05, 0) is 12.3 Å². The highest BCUT2D eigenvalue weighted by Crippen LogP contribution is 2.07. The molecule has 1 atom stereocenters. The van der Waals surface area contributed by atoms with Gasteiger partial charge in [-0.1, -0.05) is 32.6 Å². The summed E-state index contributed by atoms with van der Waals surface area (Å²) in [6, 6.07) is 0. The fourth-order valence-corrected chi connectivity index (χ4v) is 0.769. The van der Waals surface area contributed by atoms with Crippen LogP contribution >= 0.6 is 0 Å². The van der Waals surface area contributed by atoms with Gasteiger partial charge in [0.1, 0.15) is 0 Å². The first-order valence-electron chi connectivity index (χ1n) is 3.20. The molecule has 8 heavy (non-hydrogen) atoms. The average molecular weight is 109 g/mol. The van der Waals surface area contributed by atoms with E-state index in [0.717, 1.165) is 6.42 Å². The molecule has 1 radical (unpaired) electrons. The van der Waals surface area contributed by atoms with Crippen LogP contribution in [0.4, 0.5) is 0 Å². The standard InChI is InChI=1S/C8H13/c1-4-6-8(3)7-5-2/h8H,4,6-7H2,1,3H3/t8-/m0/s1. The Bertz CT molecular complexity index is 76.5. The van der Waals surface area contributed by atoms with Crippen LogP contribution in [-0.2, 0) is 0 Å². The molecule has 0 saturated heterocycles. The molecule has 45 valence electrons. The van der Waals surface area contributed by atoms with Crippen LogP contribution < -0.4 is 0 Å². The van der Waals surface area contributed by atoms with E-state index < -0.39 is 0 Å². The predicted octanol–water partition coefficient (Wildman–Crippen LogP) is 2.40. The lowest BCUT2D eigenvalue weighted by atomic mass is 10.0. The lowest BCUT2D eigenvalue weighted by Crippen LogP contribution is -1.89. The highest BCUT2D eigenvalue weighted by molar-refractivity contribution is 4.77. The van der Waals surface area contributed by atoms with Gasteiger partial charge in [-0.3, -0.25) is 0 Å². The third-order valence-corrected chi connectivity index (χ3v) is 1.23. The van der Waals surface area contributed by atoms with E-state index in [9.17, 15) is 0 Å². The summed E-state index contributed by atoms with van der Waals surface area (Å²) < 4.78 is 0. The monoisotopic (exact) mass is 109 g/mol. The van der Waals surface area contributed by atoms with Gasteiger partial charge < -0.3 is 0 Å². The first-order chi connectivity index (χ1) is 3.81. The van der Waals surface area contributed by atoms with Crippen molar-refractivity contribution in [3.63, 3.8) is 0 Å². The molecule has 0 fully saturated rings. The zero-order valence-corrected chi connectivity index (χ0v) is 5.70. The molecule has 0 amide bonds. The van der Waals surface area contributed by atoms with Crippen molar-refractivity contribution in [1.29, 1.82) is 0 Å². The molecule has 0 heterocycles. The Balaban J connectivity index is 3.08. The Labute approximate surface area is 52.3 Å². The topological polar surface area (TPSA) is 0 Å². The van der Waals surface area contributed by atoms with Gasteiger partial charge in [-0.25, -0.2) is 0 Å². The van der Waals surface area contributed by atoms with Gasteiger partial charge in [0.25, 0.3) is 0 Å². The van der Waals surface area contributed by atoms with Crippen molar-refractivity contribution >= 4 is 0 Å². The maximum Gasteiger partial charge on any atom is 0.0125 e. The van der Waals surface area contributed by atoms with E-state index in [-0.39, 0.29) is 0 Å². The van der Waals surface area contributed by atoms with E-state index in [1.54, 1.807) is 0 Å². The second kappa shape index (κ2) is 4.71. The highest BCUT2D eigenvalue weighted by atomic mass is 14.0. The first-order valence-corrected chi connectivity index (χ1v) is 3.20. The maximum atomic E-state index is 6.66. The highest BCUT2D eigenvalue weighted by Gasteiger charge is 1.94. The molecule has 0 unspecified atom stereocenters. The van der Waals surface area contributed by atoms with Gasteiger partial charge in [0, 0.05) is 6.42 Å². The minimum absolute atomic E-state index is 0.664. The van der Waals surface area contributed by atoms with Crippen LogP contribution in [0.2, 0.25) is 0 Å². The Morgan fingerprint density at radius 3 is 2.62 bits per heavy atom. The number of rotatable bonds is 3. The summed E-state index contributed by atoms with van der Waals surface area (Å²) in [4.78, 5) is 0. The number of hydrogen-bond acceptors (Lipinski definition) is 0. The van der Waals surface area contributed by atoms with E-state index in [0.29, 0.717) is 5.92 Å². The van der Waals surface area contributed by atoms with Crippen LogP contribution in [0.25, 0.3) is 0 Å². The normalized spacial score (nSPS) is 12.6. The van der Waals surface area contributed by atoms with E-state index in [2.05, 4.69) is 19.8 Å². The summed E-state index contributed by atoms with van der Waals surface area (Å²) in [6.45, 7) is 4.32. The number of hydrogen-bond donors (Lipinski definition) is 0. The van der Waals surface area contributed by atoms with Crippen LogP contribution in [0.1, 0.15) is 33.1 Å². The smallest absolute Gasteiger partial charge is 0.0125 e. The van der Waals surface area contributed by atoms with Crippen LogP contribution in [-0.4, -0.2) is 0 Å².